The average Bonchev–Trinajstić information content (AvgIpc) is 2.54. The maximum Gasteiger partial charge on any atom is 0.213 e. The third kappa shape index (κ3) is 1.24. The molecule has 0 spiro atoms. The van der Waals surface area contributed by atoms with Crippen LogP contribution in [0.2, 0.25) is 0 Å². The van der Waals surface area contributed by atoms with Crippen molar-refractivity contribution in [1.29, 1.82) is 0 Å². The summed E-state index contributed by atoms with van der Waals surface area (Å²) in [6.45, 7) is 0. The Morgan fingerprint density at radius 2 is 2.17 bits per heavy atom. The van der Waals surface area contributed by atoms with Crippen LogP contribution in [0.5, 0.6) is 0 Å². The van der Waals surface area contributed by atoms with E-state index < -0.39 is 0 Å². The number of H-pyrrole nitrogens is 2. The lowest BCUT2D eigenvalue weighted by Crippen LogP contribution is -1.83. The van der Waals surface area contributed by atoms with E-state index in [1.54, 1.807) is 18.5 Å². The molecule has 0 amide bonds. The Labute approximate surface area is 72.9 Å². The minimum absolute atomic E-state index is 0.432. The summed E-state index contributed by atoms with van der Waals surface area (Å²) in [6.07, 6.45) is 3.21. The number of rotatable bonds is 1. The van der Waals surface area contributed by atoms with Gasteiger partial charge in [0.2, 0.25) is 4.77 Å². The minimum atomic E-state index is 0.432. The van der Waals surface area contributed by atoms with Gasteiger partial charge in [-0.05, 0) is 18.3 Å². The second-order valence-electron chi connectivity index (χ2n) is 2.15. The molecule has 0 saturated heterocycles. The van der Waals surface area contributed by atoms with Gasteiger partial charge < -0.3 is 0 Å². The molecular formula is C6H5N5S. The van der Waals surface area contributed by atoms with Crippen molar-refractivity contribution < 1.29 is 0 Å². The van der Waals surface area contributed by atoms with Gasteiger partial charge in [-0.2, -0.15) is 15.2 Å². The molecule has 0 unspecified atom stereocenters. The predicted octanol–water partition coefficient (Wildman–Crippen LogP) is 0.924. The number of nitrogens with zero attached hydrogens (tertiary/aromatic N) is 3. The van der Waals surface area contributed by atoms with Gasteiger partial charge in [0.1, 0.15) is 0 Å². The van der Waals surface area contributed by atoms with Gasteiger partial charge in [-0.1, -0.05) is 0 Å². The standard InChI is InChI=1S/C6H5N5S/c12-6-9-5(10-11-6)4-1-2-7-8-3-4/h1-3H,(H2,9,10,11,12). The summed E-state index contributed by atoms with van der Waals surface area (Å²) in [5, 5.41) is 12.9. The van der Waals surface area contributed by atoms with E-state index in [0.29, 0.717) is 10.6 Å². The van der Waals surface area contributed by atoms with Crippen molar-refractivity contribution >= 4 is 12.2 Å². The maximum atomic E-state index is 4.80. The highest BCUT2D eigenvalue weighted by Gasteiger charge is 1.98. The highest BCUT2D eigenvalue weighted by atomic mass is 32.1. The molecule has 2 aromatic rings. The molecule has 0 fully saturated rings. The van der Waals surface area contributed by atoms with Crippen LogP contribution in [0.15, 0.2) is 18.5 Å². The van der Waals surface area contributed by atoms with Crippen LogP contribution in [-0.4, -0.2) is 25.4 Å². The Morgan fingerprint density at radius 1 is 1.25 bits per heavy atom. The molecular weight excluding hydrogens is 174 g/mol. The van der Waals surface area contributed by atoms with E-state index in [-0.39, 0.29) is 0 Å². The van der Waals surface area contributed by atoms with Crippen LogP contribution < -0.4 is 0 Å². The third-order valence-electron chi connectivity index (χ3n) is 1.36. The Kier molecular flexibility index (Phi) is 1.67. The van der Waals surface area contributed by atoms with Crippen molar-refractivity contribution in [3.05, 3.63) is 23.2 Å². The lowest BCUT2D eigenvalue weighted by atomic mass is 10.3. The van der Waals surface area contributed by atoms with E-state index in [2.05, 4.69) is 25.4 Å². The van der Waals surface area contributed by atoms with E-state index in [0.717, 1.165) is 5.56 Å². The van der Waals surface area contributed by atoms with Gasteiger partial charge in [-0.25, -0.2) is 0 Å². The van der Waals surface area contributed by atoms with E-state index in [1.165, 1.54) is 0 Å². The Hall–Kier alpha value is -1.56. The van der Waals surface area contributed by atoms with Gasteiger partial charge in [0, 0.05) is 5.56 Å². The van der Waals surface area contributed by atoms with Gasteiger partial charge in [0.05, 0.1) is 12.4 Å². The van der Waals surface area contributed by atoms with Crippen LogP contribution in [-0.2, 0) is 0 Å². The first kappa shape index (κ1) is 7.11. The molecule has 0 aliphatic rings. The molecule has 0 atom stereocenters. The number of hydrogen-bond acceptors (Lipinski definition) is 4. The summed E-state index contributed by atoms with van der Waals surface area (Å²) in [4.78, 5) is 4.02. The zero-order valence-electron chi connectivity index (χ0n) is 5.98. The van der Waals surface area contributed by atoms with Gasteiger partial charge in [-0.3, -0.25) is 10.2 Å². The second kappa shape index (κ2) is 2.82. The zero-order valence-corrected chi connectivity index (χ0v) is 6.80. The summed E-state index contributed by atoms with van der Waals surface area (Å²) < 4.78 is 0.432. The minimum Gasteiger partial charge on any atom is -0.282 e. The topological polar surface area (TPSA) is 70.2 Å². The summed E-state index contributed by atoms with van der Waals surface area (Å²) >= 11 is 4.80. The van der Waals surface area contributed by atoms with Crippen molar-refractivity contribution in [2.24, 2.45) is 0 Å². The molecule has 12 heavy (non-hydrogen) atoms. The molecule has 2 heterocycles. The van der Waals surface area contributed by atoms with Crippen LogP contribution in [0.25, 0.3) is 11.4 Å². The summed E-state index contributed by atoms with van der Waals surface area (Å²) in [5.74, 6) is 0.676. The molecule has 2 rings (SSSR count). The fraction of sp³-hybridized carbons (Fsp3) is 0. The maximum absolute atomic E-state index is 4.80. The number of hydrogen-bond donors (Lipinski definition) is 2. The molecule has 0 radical (unpaired) electrons. The molecule has 0 saturated carbocycles. The largest absolute Gasteiger partial charge is 0.282 e. The van der Waals surface area contributed by atoms with Crippen molar-refractivity contribution in [2.45, 2.75) is 0 Å². The second-order valence-corrected chi connectivity index (χ2v) is 2.53. The molecule has 0 aromatic carbocycles. The van der Waals surface area contributed by atoms with Crippen LogP contribution in [0.4, 0.5) is 0 Å². The summed E-state index contributed by atoms with van der Waals surface area (Å²) in [6, 6.07) is 1.80. The van der Waals surface area contributed by atoms with Crippen LogP contribution in [0.3, 0.4) is 0 Å². The normalized spacial score (nSPS) is 10.0. The third-order valence-corrected chi connectivity index (χ3v) is 1.55. The highest BCUT2D eigenvalue weighted by molar-refractivity contribution is 7.71. The number of aromatic amines is 2. The molecule has 0 aliphatic carbocycles. The molecule has 0 aliphatic heterocycles. The van der Waals surface area contributed by atoms with Gasteiger partial charge >= 0.3 is 0 Å². The molecule has 2 N–H and O–H groups in total. The van der Waals surface area contributed by atoms with E-state index in [4.69, 9.17) is 12.2 Å². The number of nitrogens with one attached hydrogen (secondary N) is 2. The lowest BCUT2D eigenvalue weighted by molar-refractivity contribution is 1.02. The molecule has 5 nitrogen and oxygen atoms in total. The molecule has 2 aromatic heterocycles. The first-order valence-electron chi connectivity index (χ1n) is 3.28. The van der Waals surface area contributed by atoms with Gasteiger partial charge in [0.15, 0.2) is 5.82 Å². The van der Waals surface area contributed by atoms with Gasteiger partial charge in [-0.15, -0.1) is 0 Å². The quantitative estimate of drug-likeness (QED) is 0.639. The predicted molar refractivity (Wildman–Crippen MR) is 44.8 cm³/mol. The fourth-order valence-electron chi connectivity index (χ4n) is 0.838. The Morgan fingerprint density at radius 3 is 2.75 bits per heavy atom. The van der Waals surface area contributed by atoms with Crippen molar-refractivity contribution in [3.63, 3.8) is 0 Å². The van der Waals surface area contributed by atoms with Crippen LogP contribution >= 0.6 is 12.2 Å². The molecule has 6 heteroatoms. The van der Waals surface area contributed by atoms with Gasteiger partial charge in [0.25, 0.3) is 0 Å². The smallest absolute Gasteiger partial charge is 0.213 e. The van der Waals surface area contributed by atoms with Crippen LogP contribution in [0.1, 0.15) is 0 Å². The number of aromatic nitrogens is 5. The van der Waals surface area contributed by atoms with E-state index in [9.17, 15) is 0 Å². The molecule has 60 valence electrons. The van der Waals surface area contributed by atoms with E-state index >= 15 is 0 Å². The SMILES string of the molecule is S=c1nc(-c2ccnnc2)[nH][nH]1. The summed E-state index contributed by atoms with van der Waals surface area (Å²) in [7, 11) is 0. The Balaban J connectivity index is 2.51. The first-order valence-corrected chi connectivity index (χ1v) is 3.69. The molecule has 0 bridgehead atoms. The van der Waals surface area contributed by atoms with Crippen molar-refractivity contribution in [1.82, 2.24) is 25.4 Å². The van der Waals surface area contributed by atoms with Crippen molar-refractivity contribution in [2.75, 3.05) is 0 Å². The Bertz CT molecular complexity index is 417. The first-order chi connectivity index (χ1) is 5.86. The van der Waals surface area contributed by atoms with E-state index in [1.807, 2.05) is 0 Å². The summed E-state index contributed by atoms with van der Waals surface area (Å²) in [5.41, 5.74) is 0.859. The lowest BCUT2D eigenvalue weighted by Gasteiger charge is -1.90. The van der Waals surface area contributed by atoms with Crippen LogP contribution in [0, 0.1) is 4.77 Å². The fourth-order valence-corrected chi connectivity index (χ4v) is 0.980. The monoisotopic (exact) mass is 179 g/mol. The highest BCUT2D eigenvalue weighted by Crippen LogP contribution is 2.09. The zero-order chi connectivity index (χ0) is 8.39. The average molecular weight is 179 g/mol. The van der Waals surface area contributed by atoms with Crippen molar-refractivity contribution in [3.8, 4) is 11.4 Å².